The Morgan fingerprint density at radius 1 is 0.933 bits per heavy atom. The topological polar surface area (TPSA) is 102 Å². The number of carbonyl (C=O) groups excluding carboxylic acids is 2. The fourth-order valence-electron chi connectivity index (χ4n) is 2.68. The van der Waals surface area contributed by atoms with Gasteiger partial charge in [-0.1, -0.05) is 54.6 Å². The van der Waals surface area contributed by atoms with Crippen LogP contribution in [0.3, 0.4) is 0 Å². The maximum atomic E-state index is 12.7. The first kappa shape index (κ1) is 22.9. The van der Waals surface area contributed by atoms with E-state index < -0.39 is 29.7 Å². The molecule has 7 nitrogen and oxygen atoms in total. The van der Waals surface area contributed by atoms with Gasteiger partial charge in [0.15, 0.2) is 0 Å². The zero-order valence-corrected chi connectivity index (χ0v) is 17.4. The van der Waals surface area contributed by atoms with Crippen molar-refractivity contribution in [3.8, 4) is 0 Å². The molecule has 160 valence electrons. The Labute approximate surface area is 176 Å². The Hall–Kier alpha value is -3.35. The highest BCUT2D eigenvalue weighted by Gasteiger charge is 2.26. The van der Waals surface area contributed by atoms with Crippen LogP contribution in [0.1, 0.15) is 37.5 Å². The predicted octanol–water partition coefficient (Wildman–Crippen LogP) is 3.49. The maximum Gasteiger partial charge on any atom is 0.408 e. The summed E-state index contributed by atoms with van der Waals surface area (Å²) in [6.45, 7) is 5.28. The summed E-state index contributed by atoms with van der Waals surface area (Å²) in [5, 5.41) is 11.5. The second-order valence-corrected chi connectivity index (χ2v) is 7.88. The molecule has 0 heterocycles. The van der Waals surface area contributed by atoms with Crippen molar-refractivity contribution >= 4 is 18.0 Å². The Kier molecular flexibility index (Phi) is 7.98. The zero-order valence-electron chi connectivity index (χ0n) is 17.4. The van der Waals surface area contributed by atoms with Crippen LogP contribution in [0.2, 0.25) is 0 Å². The summed E-state index contributed by atoms with van der Waals surface area (Å²) in [4.78, 5) is 35.7. The molecule has 0 fully saturated rings. The highest BCUT2D eigenvalue weighted by Crippen LogP contribution is 2.12. The van der Waals surface area contributed by atoms with Crippen molar-refractivity contribution in [2.45, 2.75) is 51.9 Å². The average molecular weight is 413 g/mol. The van der Waals surface area contributed by atoms with Crippen molar-refractivity contribution < 1.29 is 29.0 Å². The predicted molar refractivity (Wildman–Crippen MR) is 111 cm³/mol. The number of carbonyl (C=O) groups is 3. The summed E-state index contributed by atoms with van der Waals surface area (Å²) in [5.41, 5.74) is 1.53. The van der Waals surface area contributed by atoms with Crippen LogP contribution in [-0.2, 0) is 38.5 Å². The van der Waals surface area contributed by atoms with Crippen LogP contribution in [0.25, 0.3) is 0 Å². The van der Waals surface area contributed by atoms with Gasteiger partial charge in [0, 0.05) is 6.42 Å². The molecule has 1 amide bonds. The molecule has 2 N–H and O–H groups in total. The Balaban J connectivity index is 2.08. The number of carboxylic acid groups (broad SMARTS) is 1. The van der Waals surface area contributed by atoms with Gasteiger partial charge in [0.25, 0.3) is 0 Å². The quantitative estimate of drug-likeness (QED) is 0.643. The third-order valence-electron chi connectivity index (χ3n) is 4.02. The van der Waals surface area contributed by atoms with E-state index in [1.54, 1.807) is 45.0 Å². The summed E-state index contributed by atoms with van der Waals surface area (Å²) in [6.07, 6.45) is -0.620. The van der Waals surface area contributed by atoms with Crippen LogP contribution in [0.15, 0.2) is 54.6 Å². The highest BCUT2D eigenvalue weighted by atomic mass is 16.6. The molecule has 0 aliphatic heterocycles. The van der Waals surface area contributed by atoms with E-state index in [1.807, 2.05) is 30.3 Å². The van der Waals surface area contributed by atoms with Crippen molar-refractivity contribution in [2.75, 3.05) is 0 Å². The molecular weight excluding hydrogens is 386 g/mol. The maximum absolute atomic E-state index is 12.7. The van der Waals surface area contributed by atoms with Gasteiger partial charge in [0.05, 0.1) is 6.42 Å². The number of aliphatic carboxylic acids is 1. The van der Waals surface area contributed by atoms with Gasteiger partial charge in [0.1, 0.15) is 18.2 Å². The first-order chi connectivity index (χ1) is 14.1. The number of rotatable bonds is 8. The largest absolute Gasteiger partial charge is 0.481 e. The fraction of sp³-hybridized carbons (Fsp3) is 0.348. The number of hydrogen-bond acceptors (Lipinski definition) is 5. The minimum atomic E-state index is -0.950. The van der Waals surface area contributed by atoms with Gasteiger partial charge in [-0.05, 0) is 37.5 Å². The molecule has 2 aromatic carbocycles. The number of benzene rings is 2. The molecule has 0 saturated carbocycles. The first-order valence-corrected chi connectivity index (χ1v) is 9.62. The molecule has 0 aliphatic carbocycles. The van der Waals surface area contributed by atoms with Crippen LogP contribution in [0.5, 0.6) is 0 Å². The van der Waals surface area contributed by atoms with Gasteiger partial charge in [-0.2, -0.15) is 0 Å². The highest BCUT2D eigenvalue weighted by molar-refractivity contribution is 5.81. The van der Waals surface area contributed by atoms with Crippen molar-refractivity contribution in [3.63, 3.8) is 0 Å². The van der Waals surface area contributed by atoms with Crippen LogP contribution in [-0.4, -0.2) is 34.8 Å². The normalized spacial score (nSPS) is 12.0. The molecule has 0 radical (unpaired) electrons. The SMILES string of the molecule is CC(C)(C)OC(=O)N[C@@H](Cc1ccc(CC(=O)O)cc1)C(=O)OCc1ccccc1. The Bertz CT molecular complexity index is 856. The Morgan fingerprint density at radius 2 is 1.53 bits per heavy atom. The van der Waals surface area contributed by atoms with Crippen molar-refractivity contribution in [1.82, 2.24) is 5.32 Å². The fourth-order valence-corrected chi connectivity index (χ4v) is 2.68. The smallest absolute Gasteiger partial charge is 0.408 e. The monoisotopic (exact) mass is 413 g/mol. The van der Waals surface area contributed by atoms with E-state index in [0.29, 0.717) is 5.56 Å². The first-order valence-electron chi connectivity index (χ1n) is 9.62. The lowest BCUT2D eigenvalue weighted by molar-refractivity contribution is -0.147. The lowest BCUT2D eigenvalue weighted by Gasteiger charge is -2.23. The van der Waals surface area contributed by atoms with Gasteiger partial charge in [0.2, 0.25) is 0 Å². The second-order valence-electron chi connectivity index (χ2n) is 7.88. The molecule has 30 heavy (non-hydrogen) atoms. The average Bonchev–Trinajstić information content (AvgIpc) is 2.66. The number of hydrogen-bond donors (Lipinski definition) is 2. The number of ether oxygens (including phenoxy) is 2. The Morgan fingerprint density at radius 3 is 2.10 bits per heavy atom. The van der Waals surface area contributed by atoms with E-state index in [0.717, 1.165) is 11.1 Å². The molecule has 0 spiro atoms. The molecular formula is C23H27NO6. The minimum absolute atomic E-state index is 0.0843. The third kappa shape index (κ3) is 8.34. The van der Waals surface area contributed by atoms with E-state index in [4.69, 9.17) is 14.6 Å². The van der Waals surface area contributed by atoms with E-state index in [2.05, 4.69) is 5.32 Å². The van der Waals surface area contributed by atoms with Crippen LogP contribution in [0, 0.1) is 0 Å². The third-order valence-corrected chi connectivity index (χ3v) is 4.02. The van der Waals surface area contributed by atoms with Crippen LogP contribution < -0.4 is 5.32 Å². The number of alkyl carbamates (subject to hydrolysis) is 1. The summed E-state index contributed by atoms with van der Waals surface area (Å²) in [6, 6.07) is 15.1. The zero-order chi connectivity index (χ0) is 22.1. The summed E-state index contributed by atoms with van der Waals surface area (Å²) >= 11 is 0. The number of carboxylic acids is 1. The van der Waals surface area contributed by atoms with E-state index in [-0.39, 0.29) is 19.4 Å². The number of amides is 1. The lowest BCUT2D eigenvalue weighted by Crippen LogP contribution is -2.45. The van der Waals surface area contributed by atoms with Gasteiger partial charge < -0.3 is 19.9 Å². The number of esters is 1. The summed E-state index contributed by atoms with van der Waals surface area (Å²) < 4.78 is 10.6. The molecule has 0 unspecified atom stereocenters. The van der Waals surface area contributed by atoms with Crippen molar-refractivity contribution in [1.29, 1.82) is 0 Å². The molecule has 2 aromatic rings. The lowest BCUT2D eigenvalue weighted by atomic mass is 10.0. The van der Waals surface area contributed by atoms with Crippen LogP contribution >= 0.6 is 0 Å². The molecule has 7 heteroatoms. The molecule has 0 bridgehead atoms. The molecule has 2 rings (SSSR count). The molecule has 0 saturated heterocycles. The van der Waals surface area contributed by atoms with Gasteiger partial charge in [-0.15, -0.1) is 0 Å². The van der Waals surface area contributed by atoms with Crippen molar-refractivity contribution in [3.05, 3.63) is 71.3 Å². The van der Waals surface area contributed by atoms with E-state index in [9.17, 15) is 14.4 Å². The minimum Gasteiger partial charge on any atom is -0.481 e. The molecule has 1 atom stereocenters. The van der Waals surface area contributed by atoms with Crippen LogP contribution in [0.4, 0.5) is 4.79 Å². The molecule has 0 aromatic heterocycles. The molecule has 0 aliphatic rings. The van der Waals surface area contributed by atoms with Gasteiger partial charge in [-0.25, -0.2) is 9.59 Å². The van der Waals surface area contributed by atoms with E-state index in [1.165, 1.54) is 0 Å². The van der Waals surface area contributed by atoms with Gasteiger partial charge >= 0.3 is 18.0 Å². The van der Waals surface area contributed by atoms with Crippen molar-refractivity contribution in [2.24, 2.45) is 0 Å². The summed E-state index contributed by atoms with van der Waals surface area (Å²) in [5.74, 6) is -1.50. The standard InChI is InChI=1S/C23H27NO6/c1-23(2,3)30-22(28)24-19(21(27)29-15-18-7-5-4-6-8-18)13-16-9-11-17(12-10-16)14-20(25)26/h4-12,19H,13-15H2,1-3H3,(H,24,28)(H,25,26)/t19-/m0/s1. The number of nitrogens with one attached hydrogen (secondary N) is 1. The van der Waals surface area contributed by atoms with E-state index >= 15 is 0 Å². The summed E-state index contributed by atoms with van der Waals surface area (Å²) in [7, 11) is 0. The second kappa shape index (κ2) is 10.4. The van der Waals surface area contributed by atoms with Gasteiger partial charge in [-0.3, -0.25) is 4.79 Å².